The molecule has 2 fully saturated rings. The Hall–Kier alpha value is -1.73. The van der Waals surface area contributed by atoms with Crippen molar-refractivity contribution in [2.45, 2.75) is 19.3 Å². The molecule has 0 radical (unpaired) electrons. The minimum Gasteiger partial charge on any atom is -0.496 e. The number of carboxylic acids is 1. The molecule has 7 heteroatoms. The van der Waals surface area contributed by atoms with E-state index in [0.29, 0.717) is 11.0 Å². The molecule has 2 N–H and O–H groups in total. The Bertz CT molecular complexity index is 608. The number of carboxylic acid groups (broad SMARTS) is 1. The van der Waals surface area contributed by atoms with Gasteiger partial charge in [0.05, 0.1) is 18.2 Å². The lowest BCUT2D eigenvalue weighted by Gasteiger charge is -2.54. The molecule has 1 spiro atoms. The van der Waals surface area contributed by atoms with Crippen LogP contribution in [0.1, 0.15) is 40.0 Å². The lowest BCUT2D eigenvalue weighted by atomic mass is 9.65. The first-order valence-corrected chi connectivity index (χ1v) is 7.94. The van der Waals surface area contributed by atoms with Crippen LogP contribution in [0.15, 0.2) is 18.2 Å². The highest BCUT2D eigenvalue weighted by Gasteiger charge is 2.47. The van der Waals surface area contributed by atoms with Crippen LogP contribution in [0.5, 0.6) is 5.75 Å². The van der Waals surface area contributed by atoms with Crippen LogP contribution in [0, 0.1) is 5.41 Å². The number of hydrogen-bond acceptors (Lipinski definition) is 5. The SMILES string of the molecule is COc1cc(C(=O)O)ccc1C(=O)NSN1CC2(CCC2)C1. The Labute approximate surface area is 133 Å². The number of amides is 1. The van der Waals surface area contributed by atoms with Gasteiger partial charge >= 0.3 is 5.97 Å². The van der Waals surface area contributed by atoms with E-state index in [1.807, 2.05) is 0 Å². The summed E-state index contributed by atoms with van der Waals surface area (Å²) in [5, 5.41) is 8.96. The van der Waals surface area contributed by atoms with Gasteiger partial charge < -0.3 is 9.84 Å². The third kappa shape index (κ3) is 2.78. The van der Waals surface area contributed by atoms with E-state index < -0.39 is 5.97 Å². The van der Waals surface area contributed by atoms with Crippen LogP contribution in [-0.2, 0) is 0 Å². The van der Waals surface area contributed by atoms with Crippen LogP contribution in [-0.4, -0.2) is 41.5 Å². The monoisotopic (exact) mass is 322 g/mol. The topological polar surface area (TPSA) is 78.9 Å². The summed E-state index contributed by atoms with van der Waals surface area (Å²) in [6, 6.07) is 4.23. The molecule has 1 heterocycles. The predicted molar refractivity (Wildman–Crippen MR) is 82.9 cm³/mol. The second kappa shape index (κ2) is 5.81. The van der Waals surface area contributed by atoms with Crippen molar-refractivity contribution >= 4 is 24.0 Å². The van der Waals surface area contributed by atoms with E-state index in [1.165, 1.54) is 56.7 Å². The fourth-order valence-electron chi connectivity index (χ4n) is 2.93. The number of hydrogen-bond donors (Lipinski definition) is 2. The molecule has 118 valence electrons. The Morgan fingerprint density at radius 1 is 1.36 bits per heavy atom. The van der Waals surface area contributed by atoms with E-state index in [4.69, 9.17) is 9.84 Å². The zero-order chi connectivity index (χ0) is 15.7. The molecule has 1 amide bonds. The van der Waals surface area contributed by atoms with Gasteiger partial charge in [-0.2, -0.15) is 0 Å². The molecule has 1 saturated carbocycles. The Kier molecular flexibility index (Phi) is 4.01. The molecule has 1 aliphatic heterocycles. The molecule has 3 rings (SSSR count). The molecule has 22 heavy (non-hydrogen) atoms. The van der Waals surface area contributed by atoms with E-state index in [2.05, 4.69) is 9.03 Å². The van der Waals surface area contributed by atoms with E-state index in [9.17, 15) is 9.59 Å². The van der Waals surface area contributed by atoms with Crippen molar-refractivity contribution in [1.29, 1.82) is 0 Å². The molecule has 1 saturated heterocycles. The van der Waals surface area contributed by atoms with Gasteiger partial charge in [-0.15, -0.1) is 0 Å². The number of nitrogens with one attached hydrogen (secondary N) is 1. The summed E-state index contributed by atoms with van der Waals surface area (Å²) in [5.41, 5.74) is 0.938. The number of carbonyl (C=O) groups excluding carboxylic acids is 1. The van der Waals surface area contributed by atoms with Crippen LogP contribution in [0.4, 0.5) is 0 Å². The van der Waals surface area contributed by atoms with E-state index in [1.54, 1.807) is 0 Å². The highest BCUT2D eigenvalue weighted by Crippen LogP contribution is 2.49. The Balaban J connectivity index is 1.58. The lowest BCUT2D eigenvalue weighted by Crippen LogP contribution is -2.57. The van der Waals surface area contributed by atoms with Gasteiger partial charge in [-0.3, -0.25) is 9.52 Å². The number of benzene rings is 1. The molecule has 2 aliphatic rings. The van der Waals surface area contributed by atoms with Crippen LogP contribution in [0.3, 0.4) is 0 Å². The van der Waals surface area contributed by atoms with Crippen molar-refractivity contribution in [3.05, 3.63) is 29.3 Å². The summed E-state index contributed by atoms with van der Waals surface area (Å²) in [4.78, 5) is 23.1. The van der Waals surface area contributed by atoms with Gasteiger partial charge in [-0.25, -0.2) is 9.10 Å². The first-order chi connectivity index (χ1) is 10.5. The van der Waals surface area contributed by atoms with Crippen molar-refractivity contribution in [2.24, 2.45) is 5.41 Å². The van der Waals surface area contributed by atoms with Crippen molar-refractivity contribution in [3.63, 3.8) is 0 Å². The fraction of sp³-hybridized carbons (Fsp3) is 0.467. The van der Waals surface area contributed by atoms with Crippen LogP contribution in [0.25, 0.3) is 0 Å². The standard InChI is InChI=1S/C15H18N2O4S/c1-21-12-7-10(14(19)20)3-4-11(12)13(18)16-22-17-8-15(9-17)5-2-6-15/h3-4,7H,2,5-6,8-9H2,1H3,(H,16,18)(H,19,20). The van der Waals surface area contributed by atoms with Crippen molar-refractivity contribution in [1.82, 2.24) is 9.03 Å². The molecule has 0 aromatic heterocycles. The van der Waals surface area contributed by atoms with Crippen molar-refractivity contribution in [3.8, 4) is 5.75 Å². The van der Waals surface area contributed by atoms with Gasteiger partial charge in [0.15, 0.2) is 0 Å². The third-order valence-corrected chi connectivity index (χ3v) is 5.19. The molecule has 6 nitrogen and oxygen atoms in total. The average molecular weight is 322 g/mol. The molecule has 1 aliphatic carbocycles. The molecule has 0 unspecified atom stereocenters. The maximum Gasteiger partial charge on any atom is 0.335 e. The number of carbonyl (C=O) groups is 2. The second-order valence-corrected chi connectivity index (χ2v) is 6.80. The van der Waals surface area contributed by atoms with Crippen LogP contribution >= 0.6 is 12.1 Å². The average Bonchev–Trinajstić information content (AvgIpc) is 2.42. The van der Waals surface area contributed by atoms with E-state index in [-0.39, 0.29) is 17.2 Å². The number of rotatable bonds is 5. The zero-order valence-electron chi connectivity index (χ0n) is 12.3. The van der Waals surface area contributed by atoms with Crippen molar-refractivity contribution in [2.75, 3.05) is 20.2 Å². The summed E-state index contributed by atoms with van der Waals surface area (Å²) >= 11 is 1.31. The number of methoxy groups -OCH3 is 1. The zero-order valence-corrected chi connectivity index (χ0v) is 13.1. The molecule has 1 aromatic rings. The van der Waals surface area contributed by atoms with Gasteiger partial charge in [0.2, 0.25) is 0 Å². The highest BCUT2D eigenvalue weighted by atomic mass is 32.2. The minimum atomic E-state index is -1.05. The minimum absolute atomic E-state index is 0.0933. The normalized spacial score (nSPS) is 19.1. The lowest BCUT2D eigenvalue weighted by molar-refractivity contribution is -0.00196. The van der Waals surface area contributed by atoms with Crippen molar-refractivity contribution < 1.29 is 19.4 Å². The third-order valence-electron chi connectivity index (χ3n) is 4.40. The van der Waals surface area contributed by atoms with E-state index in [0.717, 1.165) is 13.1 Å². The largest absolute Gasteiger partial charge is 0.496 e. The highest BCUT2D eigenvalue weighted by molar-refractivity contribution is 7.95. The second-order valence-electron chi connectivity index (χ2n) is 5.89. The molecule has 0 atom stereocenters. The number of ether oxygens (including phenoxy) is 1. The molecular formula is C15H18N2O4S. The quantitative estimate of drug-likeness (QED) is 0.809. The molecule has 0 bridgehead atoms. The number of nitrogens with zero attached hydrogens (tertiary/aromatic N) is 1. The van der Waals surface area contributed by atoms with Gasteiger partial charge in [0.25, 0.3) is 5.91 Å². The smallest absolute Gasteiger partial charge is 0.335 e. The maximum absolute atomic E-state index is 12.2. The summed E-state index contributed by atoms with van der Waals surface area (Å²) in [6.45, 7) is 2.04. The summed E-state index contributed by atoms with van der Waals surface area (Å²) in [7, 11) is 1.42. The first-order valence-electron chi connectivity index (χ1n) is 7.17. The Morgan fingerprint density at radius 2 is 2.09 bits per heavy atom. The van der Waals surface area contributed by atoms with Gasteiger partial charge in [0, 0.05) is 25.2 Å². The molecular weight excluding hydrogens is 304 g/mol. The van der Waals surface area contributed by atoms with Gasteiger partial charge in [0.1, 0.15) is 5.75 Å². The predicted octanol–water partition coefficient (Wildman–Crippen LogP) is 2.17. The number of aromatic carboxylic acids is 1. The fourth-order valence-corrected chi connectivity index (χ4v) is 3.93. The first kappa shape index (κ1) is 15.2. The van der Waals surface area contributed by atoms with Crippen LogP contribution in [0.2, 0.25) is 0 Å². The van der Waals surface area contributed by atoms with Gasteiger partial charge in [-0.1, -0.05) is 6.42 Å². The maximum atomic E-state index is 12.2. The van der Waals surface area contributed by atoms with E-state index >= 15 is 0 Å². The molecule has 1 aromatic carbocycles. The van der Waals surface area contributed by atoms with Crippen LogP contribution < -0.4 is 9.46 Å². The van der Waals surface area contributed by atoms with Gasteiger partial charge in [-0.05, 0) is 36.5 Å². The Morgan fingerprint density at radius 3 is 2.64 bits per heavy atom. The summed E-state index contributed by atoms with van der Waals surface area (Å²) in [5.74, 6) is -1.07. The summed E-state index contributed by atoms with van der Waals surface area (Å²) in [6.07, 6.45) is 3.91. The summed E-state index contributed by atoms with van der Waals surface area (Å²) < 4.78 is 10.0.